The van der Waals surface area contributed by atoms with E-state index in [0.29, 0.717) is 5.92 Å². The fraction of sp³-hybridized carbons (Fsp3) is 0.312. The third-order valence-corrected chi connectivity index (χ3v) is 6.81. The van der Waals surface area contributed by atoms with Crippen molar-refractivity contribution < 1.29 is 22.8 Å². The van der Waals surface area contributed by atoms with Gasteiger partial charge in [-0.05, 0) is 11.8 Å². The molecule has 1 unspecified atom stereocenters. The zero-order valence-corrected chi connectivity index (χ0v) is 14.5. The molecule has 0 fully saturated rings. The van der Waals surface area contributed by atoms with Crippen LogP contribution in [-0.4, -0.2) is 3.21 Å². The molecule has 0 saturated heterocycles. The van der Waals surface area contributed by atoms with Gasteiger partial charge in [0.15, 0.2) is 0 Å². The maximum absolute atomic E-state index is 2.31. The molecule has 0 amide bonds. The molecule has 18 heavy (non-hydrogen) atoms. The van der Waals surface area contributed by atoms with E-state index in [1.54, 1.807) is 6.49 Å². The van der Waals surface area contributed by atoms with Crippen LogP contribution in [0.15, 0.2) is 55.6 Å². The molecular formula is C16H19SZr. The fourth-order valence-corrected chi connectivity index (χ4v) is 5.63. The Morgan fingerprint density at radius 3 is 2.72 bits per heavy atom. The van der Waals surface area contributed by atoms with Crippen LogP contribution in [0, 0.1) is 5.92 Å². The molecule has 0 aromatic rings. The van der Waals surface area contributed by atoms with Crippen molar-refractivity contribution in [2.45, 2.75) is 27.2 Å². The molecule has 3 rings (SSSR count). The van der Waals surface area contributed by atoms with Gasteiger partial charge in [-0.25, -0.2) is 0 Å². The standard InChI is InChI=1S/C8H8S.C5H5.C3H6.Zr/c1-6-5-7-3-2-4-8(7)9-6;1-2-4-5-3-1;1-3-2;/h2-5,7H,1H3;1-3H,4H2;1-2H3;. The maximum atomic E-state index is 2.31. The summed E-state index contributed by atoms with van der Waals surface area (Å²) in [7, 11) is 0. The van der Waals surface area contributed by atoms with Crippen LogP contribution in [-0.2, 0) is 22.8 Å². The van der Waals surface area contributed by atoms with E-state index in [1.165, 1.54) is 16.2 Å². The molecule has 0 N–H and O–H groups in total. The average Bonchev–Trinajstić information content (AvgIpc) is 2.94. The summed E-state index contributed by atoms with van der Waals surface area (Å²) in [6.07, 6.45) is 16.8. The van der Waals surface area contributed by atoms with E-state index < -0.39 is 0 Å². The molecule has 0 radical (unpaired) electrons. The van der Waals surface area contributed by atoms with Crippen LogP contribution in [0.5, 0.6) is 0 Å². The van der Waals surface area contributed by atoms with Crippen LogP contribution in [0.2, 0.25) is 0 Å². The quantitative estimate of drug-likeness (QED) is 0.662. The Morgan fingerprint density at radius 2 is 2.11 bits per heavy atom. The monoisotopic (exact) mass is 333 g/mol. The van der Waals surface area contributed by atoms with Crippen LogP contribution < -0.4 is 0 Å². The zero-order valence-electron chi connectivity index (χ0n) is 11.2. The third-order valence-electron chi connectivity index (χ3n) is 2.78. The average molecular weight is 335 g/mol. The van der Waals surface area contributed by atoms with Gasteiger partial charge in [0, 0.05) is 10.8 Å². The molecular weight excluding hydrogens is 315 g/mol. The first kappa shape index (κ1) is 14.2. The number of rotatable bonds is 1. The minimum absolute atomic E-state index is 0.220. The predicted molar refractivity (Wildman–Crippen MR) is 80.3 cm³/mol. The molecule has 0 aromatic heterocycles. The molecule has 2 aliphatic carbocycles. The van der Waals surface area contributed by atoms with Crippen molar-refractivity contribution >= 4 is 15.0 Å². The van der Waals surface area contributed by atoms with Crippen molar-refractivity contribution in [2.24, 2.45) is 5.92 Å². The summed E-state index contributed by atoms with van der Waals surface area (Å²) in [4.78, 5) is 2.93. The van der Waals surface area contributed by atoms with Gasteiger partial charge in [0.05, 0.1) is 0 Å². The molecule has 3 aliphatic rings. The summed E-state index contributed by atoms with van der Waals surface area (Å²) >= 11 is 1.68. The molecule has 1 aliphatic heterocycles. The molecule has 1 heterocycles. The molecule has 1 atom stereocenters. The van der Waals surface area contributed by atoms with E-state index in [1.807, 2.05) is 11.8 Å². The first-order valence-corrected chi connectivity index (χ1v) is 9.60. The Kier molecular flexibility index (Phi) is 5.39. The van der Waals surface area contributed by atoms with Gasteiger partial charge in [-0.2, -0.15) is 0 Å². The molecule has 0 bridgehead atoms. The van der Waals surface area contributed by atoms with Crippen LogP contribution in [0.3, 0.4) is 0 Å². The summed E-state index contributed by atoms with van der Waals surface area (Å²) < 4.78 is 3.40. The van der Waals surface area contributed by atoms with Gasteiger partial charge in [-0.3, -0.25) is 0 Å². The van der Waals surface area contributed by atoms with E-state index in [2.05, 4.69) is 63.3 Å². The Hall–Kier alpha value is -0.197. The number of fused-ring (bicyclic) bond motifs is 1. The summed E-state index contributed by atoms with van der Waals surface area (Å²) in [5.74, 6) is 0.634. The van der Waals surface area contributed by atoms with Crippen molar-refractivity contribution in [3.8, 4) is 0 Å². The SMILES string of the molecule is CC1=CC2C=CC=C2S1.C[C](C)=[Zr][C]1=CC=CC1. The molecule has 93 valence electrons. The topological polar surface area (TPSA) is 0 Å². The van der Waals surface area contributed by atoms with Gasteiger partial charge >= 0.3 is 67.7 Å². The second kappa shape index (κ2) is 6.82. The van der Waals surface area contributed by atoms with Gasteiger partial charge in [0.1, 0.15) is 0 Å². The number of thioether (sulfide) groups is 1. The van der Waals surface area contributed by atoms with Crippen LogP contribution >= 0.6 is 11.8 Å². The van der Waals surface area contributed by atoms with E-state index in [-0.39, 0.29) is 22.8 Å². The minimum atomic E-state index is -0.220. The zero-order chi connectivity index (χ0) is 13.0. The van der Waals surface area contributed by atoms with E-state index in [4.69, 9.17) is 0 Å². The normalized spacial score (nSPS) is 22.6. The second-order valence-electron chi connectivity index (χ2n) is 4.81. The summed E-state index contributed by atoms with van der Waals surface area (Å²) in [6.45, 7) is 6.67. The number of hydrogen-bond acceptors (Lipinski definition) is 1. The van der Waals surface area contributed by atoms with E-state index >= 15 is 0 Å². The van der Waals surface area contributed by atoms with Crippen molar-refractivity contribution in [1.29, 1.82) is 0 Å². The first-order valence-electron chi connectivity index (χ1n) is 6.32. The predicted octanol–water partition coefficient (Wildman–Crippen LogP) is 4.83. The summed E-state index contributed by atoms with van der Waals surface area (Å²) in [6, 6.07) is 0. The summed E-state index contributed by atoms with van der Waals surface area (Å²) in [5.41, 5.74) is 0. The molecule has 0 spiro atoms. The van der Waals surface area contributed by atoms with Crippen LogP contribution in [0.4, 0.5) is 0 Å². The fourth-order valence-electron chi connectivity index (χ4n) is 2.05. The second-order valence-corrected chi connectivity index (χ2v) is 10.8. The van der Waals surface area contributed by atoms with Gasteiger partial charge < -0.3 is 0 Å². The van der Waals surface area contributed by atoms with Crippen molar-refractivity contribution in [2.75, 3.05) is 0 Å². The molecule has 0 aromatic carbocycles. The van der Waals surface area contributed by atoms with Gasteiger partial charge in [0.25, 0.3) is 0 Å². The van der Waals surface area contributed by atoms with E-state index in [0.717, 1.165) is 0 Å². The van der Waals surface area contributed by atoms with Crippen LogP contribution in [0.25, 0.3) is 0 Å². The Labute approximate surface area is 126 Å². The number of hydrogen-bond donors (Lipinski definition) is 0. The van der Waals surface area contributed by atoms with Gasteiger partial charge in [-0.1, -0.05) is 36.1 Å². The molecule has 0 saturated carbocycles. The molecule has 2 heteroatoms. The van der Waals surface area contributed by atoms with Gasteiger partial charge in [0.2, 0.25) is 0 Å². The summed E-state index contributed by atoms with van der Waals surface area (Å²) in [5, 5.41) is 0. The Bertz CT molecular complexity index is 497. The Morgan fingerprint density at radius 1 is 1.28 bits per heavy atom. The van der Waals surface area contributed by atoms with Gasteiger partial charge in [-0.15, -0.1) is 0 Å². The molecule has 0 nitrogen and oxygen atoms in total. The van der Waals surface area contributed by atoms with Crippen molar-refractivity contribution in [3.05, 3.63) is 55.6 Å². The third kappa shape index (κ3) is 4.17. The first-order chi connectivity index (χ1) is 8.65. The Balaban J connectivity index is 0.000000134. The van der Waals surface area contributed by atoms with E-state index in [9.17, 15) is 0 Å². The van der Waals surface area contributed by atoms with Crippen molar-refractivity contribution in [3.63, 3.8) is 0 Å². The number of allylic oxidation sites excluding steroid dienone is 10. The van der Waals surface area contributed by atoms with Crippen molar-refractivity contribution in [1.82, 2.24) is 0 Å². The van der Waals surface area contributed by atoms with Crippen LogP contribution in [0.1, 0.15) is 27.2 Å².